The molecule has 27 heavy (non-hydrogen) atoms. The lowest BCUT2D eigenvalue weighted by Crippen LogP contribution is -2.18. The Morgan fingerprint density at radius 2 is 2.04 bits per heavy atom. The molecule has 0 bridgehead atoms. The van der Waals surface area contributed by atoms with Crippen LogP contribution >= 0.6 is 23.1 Å². The van der Waals surface area contributed by atoms with Gasteiger partial charge in [0.2, 0.25) is 5.91 Å². The van der Waals surface area contributed by atoms with Crippen molar-refractivity contribution in [1.82, 2.24) is 19.7 Å². The number of nitrogens with one attached hydrogen (secondary N) is 1. The van der Waals surface area contributed by atoms with Gasteiger partial charge in [0.25, 0.3) is 5.91 Å². The van der Waals surface area contributed by atoms with Crippen LogP contribution in [0.2, 0.25) is 0 Å². The number of thiophene rings is 1. The number of carbonyl (C=O) groups excluding carboxylic acids is 2. The minimum Gasteiger partial charge on any atom is -0.366 e. The Bertz CT molecular complexity index is 980. The second-order valence-corrected chi connectivity index (χ2v) is 7.87. The molecule has 1 saturated carbocycles. The molecule has 3 aromatic heterocycles. The van der Waals surface area contributed by atoms with Crippen LogP contribution in [0.3, 0.4) is 0 Å². The molecule has 8 nitrogen and oxygen atoms in total. The topological polar surface area (TPSA) is 116 Å². The molecule has 0 aliphatic heterocycles. The van der Waals surface area contributed by atoms with Gasteiger partial charge in [-0.15, -0.1) is 21.5 Å². The first-order valence-electron chi connectivity index (χ1n) is 8.28. The molecule has 2 amide bonds. The molecular formula is C17H16N6O2S2. The van der Waals surface area contributed by atoms with E-state index in [0.717, 1.165) is 24.2 Å². The number of hydrogen-bond donors (Lipinski definition) is 2. The van der Waals surface area contributed by atoms with E-state index >= 15 is 0 Å². The second kappa shape index (κ2) is 7.49. The fraction of sp³-hybridized carbons (Fsp3) is 0.235. The Morgan fingerprint density at radius 3 is 2.74 bits per heavy atom. The van der Waals surface area contributed by atoms with Crippen LogP contribution in [0.5, 0.6) is 0 Å². The summed E-state index contributed by atoms with van der Waals surface area (Å²) in [6.07, 6.45) is 5.60. The van der Waals surface area contributed by atoms with Crippen LogP contribution in [0, 0.1) is 0 Å². The van der Waals surface area contributed by atoms with Gasteiger partial charge in [0.05, 0.1) is 11.3 Å². The van der Waals surface area contributed by atoms with Crippen molar-refractivity contribution in [2.45, 2.75) is 24.0 Å². The molecule has 1 fully saturated rings. The molecular weight excluding hydrogens is 384 g/mol. The maximum Gasteiger partial charge on any atom is 0.251 e. The molecule has 138 valence electrons. The number of hydrogen-bond acceptors (Lipinski definition) is 7. The van der Waals surface area contributed by atoms with Gasteiger partial charge in [0, 0.05) is 24.0 Å². The van der Waals surface area contributed by atoms with Gasteiger partial charge in [-0.25, -0.2) is 0 Å². The summed E-state index contributed by atoms with van der Waals surface area (Å²) in [5, 5.41) is 14.2. The average molecular weight is 400 g/mol. The van der Waals surface area contributed by atoms with Crippen molar-refractivity contribution in [2.24, 2.45) is 5.73 Å². The molecule has 0 saturated heterocycles. The molecule has 0 aromatic carbocycles. The van der Waals surface area contributed by atoms with E-state index in [1.807, 2.05) is 12.1 Å². The SMILES string of the molecule is NC(=O)c1ccsc1NC(=O)CSc1nnc(-c2ccncc2)n1C1CC1. The fourth-order valence-electron chi connectivity index (χ4n) is 2.63. The van der Waals surface area contributed by atoms with E-state index in [1.165, 1.54) is 23.1 Å². The van der Waals surface area contributed by atoms with Crippen molar-refractivity contribution in [1.29, 1.82) is 0 Å². The molecule has 1 aliphatic carbocycles. The maximum atomic E-state index is 12.3. The lowest BCUT2D eigenvalue weighted by molar-refractivity contribution is -0.113. The lowest BCUT2D eigenvalue weighted by atomic mass is 10.2. The van der Waals surface area contributed by atoms with Gasteiger partial charge in [-0.05, 0) is 36.4 Å². The number of nitrogens with zero attached hydrogens (tertiary/aromatic N) is 4. The van der Waals surface area contributed by atoms with E-state index in [1.54, 1.807) is 23.8 Å². The third kappa shape index (κ3) is 3.86. The molecule has 3 N–H and O–H groups in total. The summed E-state index contributed by atoms with van der Waals surface area (Å²) in [4.78, 5) is 27.7. The van der Waals surface area contributed by atoms with Crippen molar-refractivity contribution < 1.29 is 9.59 Å². The first-order chi connectivity index (χ1) is 13.1. The monoisotopic (exact) mass is 400 g/mol. The van der Waals surface area contributed by atoms with Crippen molar-refractivity contribution in [3.63, 3.8) is 0 Å². The summed E-state index contributed by atoms with van der Waals surface area (Å²) < 4.78 is 2.09. The minimum atomic E-state index is -0.560. The van der Waals surface area contributed by atoms with Crippen molar-refractivity contribution in [2.75, 3.05) is 11.1 Å². The smallest absolute Gasteiger partial charge is 0.251 e. The summed E-state index contributed by atoms with van der Waals surface area (Å²) in [6.45, 7) is 0. The highest BCUT2D eigenvalue weighted by atomic mass is 32.2. The van der Waals surface area contributed by atoms with E-state index in [0.29, 0.717) is 21.8 Å². The molecule has 1 aliphatic rings. The Morgan fingerprint density at radius 1 is 1.26 bits per heavy atom. The van der Waals surface area contributed by atoms with E-state index in [-0.39, 0.29) is 11.7 Å². The highest BCUT2D eigenvalue weighted by Gasteiger charge is 2.30. The zero-order chi connectivity index (χ0) is 18.8. The lowest BCUT2D eigenvalue weighted by Gasteiger charge is -2.09. The molecule has 4 rings (SSSR count). The van der Waals surface area contributed by atoms with Crippen LogP contribution in [0.4, 0.5) is 5.00 Å². The number of primary amides is 1. The second-order valence-electron chi connectivity index (χ2n) is 6.01. The van der Waals surface area contributed by atoms with Crippen molar-refractivity contribution in [3.05, 3.63) is 41.5 Å². The fourth-order valence-corrected chi connectivity index (χ4v) is 4.24. The van der Waals surface area contributed by atoms with Crippen LogP contribution in [0.1, 0.15) is 29.2 Å². The first kappa shape index (κ1) is 17.7. The van der Waals surface area contributed by atoms with Crippen LogP contribution in [-0.4, -0.2) is 37.3 Å². The first-order valence-corrected chi connectivity index (χ1v) is 10.1. The average Bonchev–Trinajstić information content (AvgIpc) is 3.24. The largest absolute Gasteiger partial charge is 0.366 e. The molecule has 3 aromatic rings. The number of thioether (sulfide) groups is 1. The van der Waals surface area contributed by atoms with E-state index in [2.05, 4.69) is 25.1 Å². The number of pyridine rings is 1. The van der Waals surface area contributed by atoms with Crippen LogP contribution in [-0.2, 0) is 4.79 Å². The Balaban J connectivity index is 1.47. The molecule has 3 heterocycles. The van der Waals surface area contributed by atoms with Crippen LogP contribution in [0.25, 0.3) is 11.4 Å². The number of amides is 2. The highest BCUT2D eigenvalue weighted by molar-refractivity contribution is 7.99. The number of aromatic nitrogens is 4. The minimum absolute atomic E-state index is 0.164. The summed E-state index contributed by atoms with van der Waals surface area (Å²) in [5.41, 5.74) is 6.57. The van der Waals surface area contributed by atoms with Gasteiger partial charge in [0.15, 0.2) is 11.0 Å². The van der Waals surface area contributed by atoms with E-state index in [9.17, 15) is 9.59 Å². The summed E-state index contributed by atoms with van der Waals surface area (Å²) >= 11 is 2.59. The molecule has 10 heteroatoms. The zero-order valence-corrected chi connectivity index (χ0v) is 15.8. The Labute approximate surface area is 163 Å². The Hall–Kier alpha value is -2.72. The third-order valence-electron chi connectivity index (χ3n) is 4.03. The van der Waals surface area contributed by atoms with Gasteiger partial charge in [0.1, 0.15) is 5.00 Å². The van der Waals surface area contributed by atoms with E-state index in [4.69, 9.17) is 5.73 Å². The summed E-state index contributed by atoms with van der Waals surface area (Å²) in [5.74, 6) is 0.171. The number of carbonyl (C=O) groups is 2. The number of nitrogens with two attached hydrogens (primary N) is 1. The highest BCUT2D eigenvalue weighted by Crippen LogP contribution is 2.41. The molecule has 0 radical (unpaired) electrons. The van der Waals surface area contributed by atoms with Crippen molar-refractivity contribution in [3.8, 4) is 11.4 Å². The quantitative estimate of drug-likeness (QED) is 0.589. The molecule has 0 spiro atoms. The number of rotatable bonds is 7. The zero-order valence-electron chi connectivity index (χ0n) is 14.2. The van der Waals surface area contributed by atoms with Gasteiger partial charge >= 0.3 is 0 Å². The molecule has 0 atom stereocenters. The Kier molecular flexibility index (Phi) is 4.90. The summed E-state index contributed by atoms with van der Waals surface area (Å²) in [6, 6.07) is 5.76. The van der Waals surface area contributed by atoms with Crippen LogP contribution in [0.15, 0.2) is 41.1 Å². The third-order valence-corrected chi connectivity index (χ3v) is 5.80. The summed E-state index contributed by atoms with van der Waals surface area (Å²) in [7, 11) is 0. The predicted octanol–water partition coefficient (Wildman–Crippen LogP) is 2.57. The van der Waals surface area contributed by atoms with E-state index < -0.39 is 5.91 Å². The predicted molar refractivity (Wildman–Crippen MR) is 104 cm³/mol. The van der Waals surface area contributed by atoms with Crippen molar-refractivity contribution >= 4 is 39.9 Å². The van der Waals surface area contributed by atoms with Crippen LogP contribution < -0.4 is 11.1 Å². The van der Waals surface area contributed by atoms with Gasteiger partial charge in [-0.2, -0.15) is 0 Å². The standard InChI is InChI=1S/C17H16N6O2S2/c18-14(25)12-5-8-26-16(12)20-13(24)9-27-17-22-21-15(23(17)11-1-2-11)10-3-6-19-7-4-10/h3-8,11H,1-2,9H2,(H2,18,25)(H,20,24). The normalized spacial score (nSPS) is 13.5. The van der Waals surface area contributed by atoms with Gasteiger partial charge < -0.3 is 11.1 Å². The number of anilines is 1. The maximum absolute atomic E-state index is 12.3. The molecule has 0 unspecified atom stereocenters. The van der Waals surface area contributed by atoms with Gasteiger partial charge in [-0.3, -0.25) is 19.1 Å². The van der Waals surface area contributed by atoms with Gasteiger partial charge in [-0.1, -0.05) is 11.8 Å².